The summed E-state index contributed by atoms with van der Waals surface area (Å²) >= 11 is 0. The summed E-state index contributed by atoms with van der Waals surface area (Å²) in [5.41, 5.74) is 3.59. The number of hydrogen-bond acceptors (Lipinski definition) is 5. The zero-order chi connectivity index (χ0) is 20.8. The second kappa shape index (κ2) is 8.88. The number of carbonyl (C=O) groups is 1. The fourth-order valence-corrected chi connectivity index (χ4v) is 2.89. The number of methoxy groups -OCH3 is 1. The van der Waals surface area contributed by atoms with Gasteiger partial charge in [-0.05, 0) is 42.8 Å². The predicted octanol–water partition coefficient (Wildman–Crippen LogP) is 4.78. The summed E-state index contributed by atoms with van der Waals surface area (Å²) in [5.74, 6) is 0.339. The number of non-ortho nitro benzene ring substituents is 1. The van der Waals surface area contributed by atoms with Crippen LogP contribution in [0.2, 0.25) is 0 Å². The van der Waals surface area contributed by atoms with Crippen LogP contribution in [0.3, 0.4) is 0 Å². The van der Waals surface area contributed by atoms with E-state index in [0.717, 1.165) is 11.3 Å². The van der Waals surface area contributed by atoms with Crippen molar-refractivity contribution in [3.8, 4) is 5.75 Å². The molecule has 3 rings (SSSR count). The minimum absolute atomic E-state index is 0.00434. The highest BCUT2D eigenvalue weighted by molar-refractivity contribution is 6.04. The Morgan fingerprint density at radius 3 is 2.52 bits per heavy atom. The van der Waals surface area contributed by atoms with Gasteiger partial charge in [0.1, 0.15) is 5.75 Å². The Balaban J connectivity index is 1.78. The summed E-state index contributed by atoms with van der Waals surface area (Å²) in [6, 6.07) is 19.1. The summed E-state index contributed by atoms with van der Waals surface area (Å²) in [6.07, 6.45) is 0. The number of carbonyl (C=O) groups excluding carboxylic acids is 1. The third kappa shape index (κ3) is 4.90. The predicted molar refractivity (Wildman–Crippen MR) is 113 cm³/mol. The third-order valence-electron chi connectivity index (χ3n) is 4.48. The Kier molecular flexibility index (Phi) is 6.09. The van der Waals surface area contributed by atoms with Gasteiger partial charge in [-0.15, -0.1) is 0 Å². The summed E-state index contributed by atoms with van der Waals surface area (Å²) in [6.45, 7) is 2.24. The first kappa shape index (κ1) is 19.9. The molecule has 0 atom stereocenters. The SMILES string of the molecule is COc1ccc([N+](=O)[O-])cc1CNc1cc(C(=O)Nc2ccccc2)ccc1C. The van der Waals surface area contributed by atoms with Crippen LogP contribution in [0.25, 0.3) is 0 Å². The number of rotatable bonds is 7. The topological polar surface area (TPSA) is 93.5 Å². The smallest absolute Gasteiger partial charge is 0.270 e. The van der Waals surface area contributed by atoms with Crippen molar-refractivity contribution < 1.29 is 14.5 Å². The Hall–Kier alpha value is -3.87. The van der Waals surface area contributed by atoms with Crippen molar-refractivity contribution in [1.29, 1.82) is 0 Å². The van der Waals surface area contributed by atoms with Crippen LogP contribution in [-0.4, -0.2) is 17.9 Å². The maximum Gasteiger partial charge on any atom is 0.270 e. The van der Waals surface area contributed by atoms with Crippen LogP contribution in [0.1, 0.15) is 21.5 Å². The number of anilines is 2. The van der Waals surface area contributed by atoms with Crippen LogP contribution >= 0.6 is 0 Å². The van der Waals surface area contributed by atoms with Crippen LogP contribution < -0.4 is 15.4 Å². The number of aryl methyl sites for hydroxylation is 1. The molecule has 3 aromatic carbocycles. The van der Waals surface area contributed by atoms with Gasteiger partial charge in [-0.1, -0.05) is 24.3 Å². The highest BCUT2D eigenvalue weighted by atomic mass is 16.6. The number of hydrogen-bond donors (Lipinski definition) is 2. The molecule has 0 unspecified atom stereocenters. The summed E-state index contributed by atoms with van der Waals surface area (Å²) in [4.78, 5) is 23.1. The van der Waals surface area contributed by atoms with Crippen LogP contribution in [0.4, 0.5) is 17.1 Å². The maximum absolute atomic E-state index is 12.5. The Labute approximate surface area is 168 Å². The number of benzene rings is 3. The average molecular weight is 391 g/mol. The molecule has 29 heavy (non-hydrogen) atoms. The second-order valence-electron chi connectivity index (χ2n) is 6.46. The lowest BCUT2D eigenvalue weighted by molar-refractivity contribution is -0.384. The van der Waals surface area contributed by atoms with Crippen molar-refractivity contribution >= 4 is 23.0 Å². The monoisotopic (exact) mass is 391 g/mol. The summed E-state index contributed by atoms with van der Waals surface area (Å²) in [7, 11) is 1.52. The second-order valence-corrected chi connectivity index (χ2v) is 6.46. The van der Waals surface area contributed by atoms with Gasteiger partial charge >= 0.3 is 0 Å². The number of amides is 1. The van der Waals surface area contributed by atoms with Crippen molar-refractivity contribution in [1.82, 2.24) is 0 Å². The van der Waals surface area contributed by atoms with Gasteiger partial charge in [0.05, 0.1) is 12.0 Å². The van der Waals surface area contributed by atoms with Crippen molar-refractivity contribution in [3.63, 3.8) is 0 Å². The first-order valence-corrected chi connectivity index (χ1v) is 9.00. The molecule has 0 radical (unpaired) electrons. The van der Waals surface area contributed by atoms with E-state index in [9.17, 15) is 14.9 Å². The molecule has 0 saturated heterocycles. The molecule has 0 aromatic heterocycles. The molecule has 0 aliphatic heterocycles. The molecule has 0 spiro atoms. The number of nitrogens with one attached hydrogen (secondary N) is 2. The summed E-state index contributed by atoms with van der Waals surface area (Å²) < 4.78 is 5.30. The van der Waals surface area contributed by atoms with Gasteiger partial charge in [-0.3, -0.25) is 14.9 Å². The van der Waals surface area contributed by atoms with E-state index >= 15 is 0 Å². The number of ether oxygens (including phenoxy) is 1. The molecule has 0 bridgehead atoms. The first-order valence-electron chi connectivity index (χ1n) is 9.00. The molecule has 2 N–H and O–H groups in total. The number of nitro groups is 1. The average Bonchev–Trinajstić information content (AvgIpc) is 2.73. The van der Waals surface area contributed by atoms with Gasteiger partial charge in [0, 0.05) is 41.2 Å². The normalized spacial score (nSPS) is 10.3. The summed E-state index contributed by atoms with van der Waals surface area (Å²) in [5, 5.41) is 17.2. The van der Waals surface area contributed by atoms with Gasteiger partial charge in [0.15, 0.2) is 0 Å². The Morgan fingerprint density at radius 1 is 1.07 bits per heavy atom. The molecule has 0 fully saturated rings. The quantitative estimate of drug-likeness (QED) is 0.447. The lowest BCUT2D eigenvalue weighted by Crippen LogP contribution is -2.12. The molecular weight excluding hydrogens is 370 g/mol. The zero-order valence-electron chi connectivity index (χ0n) is 16.1. The van der Waals surface area contributed by atoms with Crippen molar-refractivity contribution in [2.45, 2.75) is 13.5 Å². The van der Waals surface area contributed by atoms with Crippen molar-refractivity contribution in [2.24, 2.45) is 0 Å². The van der Waals surface area contributed by atoms with E-state index in [-0.39, 0.29) is 11.6 Å². The molecule has 0 aliphatic rings. The van der Waals surface area contributed by atoms with Gasteiger partial charge in [0.25, 0.3) is 11.6 Å². The lowest BCUT2D eigenvalue weighted by Gasteiger charge is -2.14. The van der Waals surface area contributed by atoms with Crippen LogP contribution in [-0.2, 0) is 6.54 Å². The maximum atomic E-state index is 12.5. The highest BCUT2D eigenvalue weighted by Gasteiger charge is 2.13. The van der Waals surface area contributed by atoms with Gasteiger partial charge in [-0.2, -0.15) is 0 Å². The molecule has 7 nitrogen and oxygen atoms in total. The van der Waals surface area contributed by atoms with Gasteiger partial charge < -0.3 is 15.4 Å². The molecule has 1 amide bonds. The van der Waals surface area contributed by atoms with Gasteiger partial charge in [-0.25, -0.2) is 0 Å². The fraction of sp³-hybridized carbons (Fsp3) is 0.136. The largest absolute Gasteiger partial charge is 0.496 e. The molecule has 0 saturated carbocycles. The molecule has 148 valence electrons. The van der Waals surface area contributed by atoms with E-state index in [1.807, 2.05) is 43.3 Å². The van der Waals surface area contributed by atoms with Crippen LogP contribution in [0, 0.1) is 17.0 Å². The van der Waals surface area contributed by atoms with E-state index < -0.39 is 4.92 Å². The highest BCUT2D eigenvalue weighted by Crippen LogP contribution is 2.26. The minimum atomic E-state index is -0.442. The first-order chi connectivity index (χ1) is 14.0. The van der Waals surface area contributed by atoms with Crippen molar-refractivity contribution in [3.05, 3.63) is 93.5 Å². The lowest BCUT2D eigenvalue weighted by atomic mass is 10.1. The third-order valence-corrected chi connectivity index (χ3v) is 4.48. The molecule has 0 aliphatic carbocycles. The molecule has 0 heterocycles. The molecule has 7 heteroatoms. The number of nitrogens with zero attached hydrogens (tertiary/aromatic N) is 1. The Bertz CT molecular complexity index is 1040. The number of para-hydroxylation sites is 1. The van der Waals surface area contributed by atoms with Gasteiger partial charge in [0.2, 0.25) is 0 Å². The number of nitro benzene ring substituents is 1. The van der Waals surface area contributed by atoms with E-state index in [1.54, 1.807) is 18.2 Å². The van der Waals surface area contributed by atoms with E-state index in [1.165, 1.54) is 19.2 Å². The van der Waals surface area contributed by atoms with E-state index in [4.69, 9.17) is 4.74 Å². The van der Waals surface area contributed by atoms with Crippen LogP contribution in [0.15, 0.2) is 66.7 Å². The Morgan fingerprint density at radius 2 is 1.83 bits per heavy atom. The van der Waals surface area contributed by atoms with E-state index in [2.05, 4.69) is 10.6 Å². The van der Waals surface area contributed by atoms with Crippen LogP contribution in [0.5, 0.6) is 5.75 Å². The minimum Gasteiger partial charge on any atom is -0.496 e. The van der Waals surface area contributed by atoms with Crippen molar-refractivity contribution in [2.75, 3.05) is 17.7 Å². The molecule has 3 aromatic rings. The van der Waals surface area contributed by atoms with E-state index in [0.29, 0.717) is 29.1 Å². The zero-order valence-corrected chi connectivity index (χ0v) is 16.1. The fourth-order valence-electron chi connectivity index (χ4n) is 2.89. The standard InChI is InChI=1S/C22H21N3O4/c1-15-8-9-16(22(26)24-18-6-4-3-5-7-18)13-20(15)23-14-17-12-19(25(27)28)10-11-21(17)29-2/h3-13,23H,14H2,1-2H3,(H,24,26). The molecular formula is C22H21N3O4.